The fraction of sp³-hybridized carbons (Fsp3) is 0.438. The van der Waals surface area contributed by atoms with Gasteiger partial charge >= 0.3 is 0 Å². The summed E-state index contributed by atoms with van der Waals surface area (Å²) in [7, 11) is 0. The molecule has 0 saturated carbocycles. The van der Waals surface area contributed by atoms with E-state index < -0.39 is 0 Å². The lowest BCUT2D eigenvalue weighted by atomic mass is 9.86. The Labute approximate surface area is 109 Å². The molecule has 1 radical (unpaired) electrons. The van der Waals surface area contributed by atoms with Crippen LogP contribution in [0.3, 0.4) is 0 Å². The fourth-order valence-corrected chi connectivity index (χ4v) is 2.81. The highest BCUT2D eigenvalue weighted by Gasteiger charge is 2.30. The molecule has 95 valence electrons. The van der Waals surface area contributed by atoms with Gasteiger partial charge in [-0.25, -0.2) is 0 Å². The summed E-state index contributed by atoms with van der Waals surface area (Å²) >= 11 is 0. The first-order valence-corrected chi connectivity index (χ1v) is 6.83. The van der Waals surface area contributed by atoms with Crippen LogP contribution in [0.2, 0.25) is 0 Å². The Morgan fingerprint density at radius 3 is 3.28 bits per heavy atom. The van der Waals surface area contributed by atoms with E-state index in [0.717, 1.165) is 38.7 Å². The lowest BCUT2D eigenvalue weighted by Gasteiger charge is -2.30. The van der Waals surface area contributed by atoms with Crippen molar-refractivity contribution in [2.75, 3.05) is 6.61 Å². The average molecular weight is 242 g/mol. The molecule has 2 heterocycles. The summed E-state index contributed by atoms with van der Waals surface area (Å²) in [6, 6.07) is 0.481. The number of nitrogens with one attached hydrogen (secondary N) is 1. The molecule has 2 heteroatoms. The van der Waals surface area contributed by atoms with Crippen molar-refractivity contribution in [2.45, 2.75) is 38.1 Å². The third-order valence-corrected chi connectivity index (χ3v) is 3.82. The predicted octanol–water partition coefficient (Wildman–Crippen LogP) is 3.41. The van der Waals surface area contributed by atoms with Gasteiger partial charge in [-0.15, -0.1) is 0 Å². The van der Waals surface area contributed by atoms with E-state index in [-0.39, 0.29) is 0 Å². The van der Waals surface area contributed by atoms with Gasteiger partial charge < -0.3 is 10.1 Å². The van der Waals surface area contributed by atoms with Gasteiger partial charge in [0, 0.05) is 18.5 Å². The number of allylic oxidation sites excluding steroid dienone is 5. The van der Waals surface area contributed by atoms with Crippen molar-refractivity contribution in [1.29, 1.82) is 0 Å². The SMILES string of the molecule is [CH2]CCC=CC1=CC=C2CC3=C(CCO3)CC2N1. The Hall–Kier alpha value is -1.44. The van der Waals surface area contributed by atoms with Crippen molar-refractivity contribution < 1.29 is 4.74 Å². The van der Waals surface area contributed by atoms with Crippen molar-refractivity contribution in [1.82, 2.24) is 5.32 Å². The summed E-state index contributed by atoms with van der Waals surface area (Å²) in [5.41, 5.74) is 4.21. The van der Waals surface area contributed by atoms with Crippen molar-refractivity contribution in [3.8, 4) is 0 Å². The molecule has 3 aliphatic rings. The number of unbranched alkanes of at least 4 members (excludes halogenated alkanes) is 1. The van der Waals surface area contributed by atoms with Crippen LogP contribution in [0.15, 0.2) is 46.9 Å². The van der Waals surface area contributed by atoms with Gasteiger partial charge in [0.25, 0.3) is 0 Å². The molecule has 0 aromatic rings. The van der Waals surface area contributed by atoms with Crippen LogP contribution < -0.4 is 5.32 Å². The van der Waals surface area contributed by atoms with Crippen LogP contribution >= 0.6 is 0 Å². The fourth-order valence-electron chi connectivity index (χ4n) is 2.81. The first-order valence-electron chi connectivity index (χ1n) is 6.83. The minimum atomic E-state index is 0.481. The quantitative estimate of drug-likeness (QED) is 0.819. The molecule has 0 fully saturated rings. The highest BCUT2D eigenvalue weighted by molar-refractivity contribution is 5.39. The topological polar surface area (TPSA) is 21.3 Å². The number of hydrogen-bond acceptors (Lipinski definition) is 2. The van der Waals surface area contributed by atoms with Gasteiger partial charge in [0.2, 0.25) is 0 Å². The Balaban J connectivity index is 1.71. The van der Waals surface area contributed by atoms with E-state index in [1.807, 2.05) is 0 Å². The summed E-state index contributed by atoms with van der Waals surface area (Å²) < 4.78 is 5.68. The van der Waals surface area contributed by atoms with E-state index in [1.165, 1.54) is 22.6 Å². The maximum absolute atomic E-state index is 5.68. The van der Waals surface area contributed by atoms with Crippen molar-refractivity contribution in [3.05, 3.63) is 53.8 Å². The Morgan fingerprint density at radius 2 is 2.39 bits per heavy atom. The number of dihydropyridines is 1. The number of rotatable bonds is 3. The van der Waals surface area contributed by atoms with Gasteiger partial charge in [0.1, 0.15) is 0 Å². The van der Waals surface area contributed by atoms with Crippen LogP contribution in [0.25, 0.3) is 0 Å². The smallest absolute Gasteiger partial charge is 0.0995 e. The second-order valence-corrected chi connectivity index (χ2v) is 5.11. The maximum atomic E-state index is 5.68. The Morgan fingerprint density at radius 1 is 1.44 bits per heavy atom. The van der Waals surface area contributed by atoms with Crippen LogP contribution in [0.5, 0.6) is 0 Å². The Kier molecular flexibility index (Phi) is 3.26. The molecule has 0 aromatic carbocycles. The molecule has 1 atom stereocenters. The van der Waals surface area contributed by atoms with E-state index in [0.29, 0.717) is 6.04 Å². The monoisotopic (exact) mass is 242 g/mol. The van der Waals surface area contributed by atoms with E-state index in [4.69, 9.17) is 4.74 Å². The van der Waals surface area contributed by atoms with Gasteiger partial charge in [-0.2, -0.15) is 0 Å². The van der Waals surface area contributed by atoms with E-state index >= 15 is 0 Å². The van der Waals surface area contributed by atoms with E-state index in [2.05, 4.69) is 36.5 Å². The molecule has 1 aliphatic carbocycles. The normalized spacial score (nSPS) is 26.2. The van der Waals surface area contributed by atoms with E-state index in [9.17, 15) is 0 Å². The molecule has 0 amide bonds. The number of fused-ring (bicyclic) bond motifs is 1. The summed E-state index contributed by atoms with van der Waals surface area (Å²) in [6.07, 6.45) is 14.0. The molecule has 0 bridgehead atoms. The molecule has 0 aromatic heterocycles. The van der Waals surface area contributed by atoms with Crippen molar-refractivity contribution >= 4 is 0 Å². The first-order chi connectivity index (χ1) is 8.86. The van der Waals surface area contributed by atoms with Crippen LogP contribution in [0.1, 0.15) is 32.1 Å². The van der Waals surface area contributed by atoms with Crippen LogP contribution in [0.4, 0.5) is 0 Å². The molecule has 2 nitrogen and oxygen atoms in total. The summed E-state index contributed by atoms with van der Waals surface area (Å²) in [5, 5.41) is 3.62. The van der Waals surface area contributed by atoms with Crippen molar-refractivity contribution in [3.63, 3.8) is 0 Å². The lowest BCUT2D eigenvalue weighted by Crippen LogP contribution is -2.34. The second kappa shape index (κ2) is 5.05. The van der Waals surface area contributed by atoms with Crippen LogP contribution in [-0.4, -0.2) is 12.6 Å². The second-order valence-electron chi connectivity index (χ2n) is 5.11. The lowest BCUT2D eigenvalue weighted by molar-refractivity contribution is 0.236. The Bertz CT molecular complexity index is 454. The first kappa shape index (κ1) is 11.6. The number of ether oxygens (including phenoxy) is 1. The molecule has 1 unspecified atom stereocenters. The molecule has 3 rings (SSSR count). The largest absolute Gasteiger partial charge is 0.497 e. The standard InChI is InChI=1S/C16H20NO/c1-2-3-4-5-14-7-6-12-11-16-13(8-9-18-16)10-15(12)17-14/h4-7,15,17H,1-3,8-11H2. The van der Waals surface area contributed by atoms with Crippen LogP contribution in [-0.2, 0) is 4.74 Å². The van der Waals surface area contributed by atoms with Gasteiger partial charge in [-0.1, -0.05) is 19.1 Å². The molecule has 18 heavy (non-hydrogen) atoms. The van der Waals surface area contributed by atoms with Gasteiger partial charge in [0.15, 0.2) is 0 Å². The zero-order chi connectivity index (χ0) is 12.4. The van der Waals surface area contributed by atoms with Crippen LogP contribution in [0, 0.1) is 6.92 Å². The zero-order valence-corrected chi connectivity index (χ0v) is 10.7. The molecule has 0 saturated heterocycles. The third kappa shape index (κ3) is 2.24. The van der Waals surface area contributed by atoms with Gasteiger partial charge in [0.05, 0.1) is 18.4 Å². The van der Waals surface area contributed by atoms with Crippen molar-refractivity contribution in [2.24, 2.45) is 0 Å². The minimum Gasteiger partial charge on any atom is -0.497 e. The highest BCUT2D eigenvalue weighted by atomic mass is 16.5. The summed E-state index contributed by atoms with van der Waals surface area (Å²) in [5.74, 6) is 1.24. The molecule has 1 N–H and O–H groups in total. The van der Waals surface area contributed by atoms with Gasteiger partial charge in [-0.3, -0.25) is 0 Å². The van der Waals surface area contributed by atoms with Gasteiger partial charge in [-0.05, 0) is 42.6 Å². The van der Waals surface area contributed by atoms with E-state index in [1.54, 1.807) is 0 Å². The average Bonchev–Trinajstić information content (AvgIpc) is 2.83. The predicted molar refractivity (Wildman–Crippen MR) is 73.6 cm³/mol. The third-order valence-electron chi connectivity index (χ3n) is 3.82. The summed E-state index contributed by atoms with van der Waals surface area (Å²) in [4.78, 5) is 0. The zero-order valence-electron chi connectivity index (χ0n) is 10.7. The molecular formula is C16H20NO. The molecule has 2 aliphatic heterocycles. The molecular weight excluding hydrogens is 222 g/mol. The summed E-state index contributed by atoms with van der Waals surface area (Å²) in [6.45, 7) is 4.73. The number of hydrogen-bond donors (Lipinski definition) is 1. The maximum Gasteiger partial charge on any atom is 0.0995 e. The minimum absolute atomic E-state index is 0.481. The molecule has 0 spiro atoms. The highest BCUT2D eigenvalue weighted by Crippen LogP contribution is 2.37.